The number of nitrogens with one attached hydrogen (secondary N) is 1. The second-order valence-corrected chi connectivity index (χ2v) is 9.92. The Morgan fingerprint density at radius 3 is 2.12 bits per heavy atom. The molecule has 2 amide bonds. The molecule has 1 atom stereocenters. The van der Waals surface area contributed by atoms with E-state index in [-0.39, 0.29) is 12.5 Å². The Morgan fingerprint density at radius 1 is 1.03 bits per heavy atom. The minimum absolute atomic E-state index is 0.150. The predicted molar refractivity (Wildman–Crippen MR) is 128 cm³/mol. The van der Waals surface area contributed by atoms with Gasteiger partial charge in [-0.15, -0.1) is 0 Å². The summed E-state index contributed by atoms with van der Waals surface area (Å²) in [6.45, 7) is 5.68. The lowest BCUT2D eigenvalue weighted by Gasteiger charge is -2.32. The van der Waals surface area contributed by atoms with Gasteiger partial charge in [0.1, 0.15) is 12.6 Å². The number of aryl methyl sites for hydroxylation is 1. The fraction of sp³-hybridized carbons (Fsp3) is 0.391. The molecule has 7 nitrogen and oxygen atoms in total. The third-order valence-electron chi connectivity index (χ3n) is 5.00. The van der Waals surface area contributed by atoms with Gasteiger partial charge in [-0.25, -0.2) is 8.42 Å². The fourth-order valence-electron chi connectivity index (χ4n) is 3.32. The summed E-state index contributed by atoms with van der Waals surface area (Å²) in [7, 11) is -3.73. The second-order valence-electron chi connectivity index (χ2n) is 7.57. The molecule has 0 aliphatic rings. The van der Waals surface area contributed by atoms with Gasteiger partial charge in [0.05, 0.1) is 11.9 Å². The van der Waals surface area contributed by atoms with E-state index in [4.69, 9.17) is 11.6 Å². The van der Waals surface area contributed by atoms with Crippen molar-refractivity contribution in [2.45, 2.75) is 39.8 Å². The van der Waals surface area contributed by atoms with E-state index in [9.17, 15) is 18.0 Å². The first-order chi connectivity index (χ1) is 15.1. The monoisotopic (exact) mass is 479 g/mol. The maximum atomic E-state index is 13.4. The number of carbonyl (C=O) groups is 2. The number of hydrogen-bond donors (Lipinski definition) is 1. The van der Waals surface area contributed by atoms with Crippen molar-refractivity contribution in [1.82, 2.24) is 10.2 Å². The van der Waals surface area contributed by atoms with Crippen LogP contribution in [0.3, 0.4) is 0 Å². The third-order valence-corrected chi connectivity index (χ3v) is 6.40. The highest BCUT2D eigenvalue weighted by Crippen LogP contribution is 2.20. The Morgan fingerprint density at radius 2 is 1.62 bits per heavy atom. The van der Waals surface area contributed by atoms with Crippen LogP contribution in [0, 0.1) is 6.92 Å². The summed E-state index contributed by atoms with van der Waals surface area (Å²) < 4.78 is 26.1. The van der Waals surface area contributed by atoms with Crippen molar-refractivity contribution >= 4 is 39.1 Å². The Balaban J connectivity index is 2.40. The number of rotatable bonds is 10. The fourth-order valence-corrected chi connectivity index (χ4v) is 4.30. The van der Waals surface area contributed by atoms with E-state index in [1.807, 2.05) is 13.8 Å². The number of amides is 2. The average molecular weight is 480 g/mol. The molecular weight excluding hydrogens is 450 g/mol. The summed E-state index contributed by atoms with van der Waals surface area (Å²) in [5.74, 6) is -0.748. The zero-order chi connectivity index (χ0) is 23.9. The lowest BCUT2D eigenvalue weighted by molar-refractivity contribution is -0.140. The summed E-state index contributed by atoms with van der Waals surface area (Å²) in [6, 6.07) is 13.1. The lowest BCUT2D eigenvalue weighted by Crippen LogP contribution is -2.52. The van der Waals surface area contributed by atoms with Gasteiger partial charge in [-0.3, -0.25) is 13.9 Å². The number of benzene rings is 2. The molecule has 9 heteroatoms. The molecule has 174 valence electrons. The first kappa shape index (κ1) is 25.7. The van der Waals surface area contributed by atoms with Gasteiger partial charge in [0.25, 0.3) is 0 Å². The molecule has 2 aromatic rings. The normalized spacial score (nSPS) is 12.2. The Bertz CT molecular complexity index is 1020. The van der Waals surface area contributed by atoms with Crippen LogP contribution in [-0.2, 0) is 26.2 Å². The van der Waals surface area contributed by atoms with Gasteiger partial charge < -0.3 is 10.2 Å². The minimum atomic E-state index is -3.73. The van der Waals surface area contributed by atoms with Crippen LogP contribution >= 0.6 is 11.6 Å². The molecular formula is C23H30ClN3O4S. The summed E-state index contributed by atoms with van der Waals surface area (Å²) >= 11 is 5.97. The Labute approximate surface area is 195 Å². The van der Waals surface area contributed by atoms with Gasteiger partial charge in [-0.1, -0.05) is 48.4 Å². The van der Waals surface area contributed by atoms with Crippen LogP contribution in [0.1, 0.15) is 31.4 Å². The van der Waals surface area contributed by atoms with Crippen LogP contribution in [0.15, 0.2) is 48.5 Å². The maximum absolute atomic E-state index is 13.4. The molecule has 32 heavy (non-hydrogen) atoms. The highest BCUT2D eigenvalue weighted by Gasteiger charge is 2.31. The largest absolute Gasteiger partial charge is 0.355 e. The molecule has 2 rings (SSSR count). The molecule has 0 aliphatic carbocycles. The van der Waals surface area contributed by atoms with Crippen molar-refractivity contribution in [2.24, 2.45) is 0 Å². The van der Waals surface area contributed by atoms with Crippen LogP contribution in [0.5, 0.6) is 0 Å². The van der Waals surface area contributed by atoms with E-state index in [0.717, 1.165) is 21.7 Å². The van der Waals surface area contributed by atoms with E-state index in [0.29, 0.717) is 23.7 Å². The summed E-state index contributed by atoms with van der Waals surface area (Å²) in [6.07, 6.45) is 1.44. The highest BCUT2D eigenvalue weighted by molar-refractivity contribution is 7.92. The zero-order valence-electron chi connectivity index (χ0n) is 18.8. The highest BCUT2D eigenvalue weighted by atomic mass is 35.5. The molecule has 0 unspecified atom stereocenters. The maximum Gasteiger partial charge on any atom is 0.244 e. The lowest BCUT2D eigenvalue weighted by atomic mass is 10.1. The van der Waals surface area contributed by atoms with Crippen molar-refractivity contribution < 1.29 is 18.0 Å². The van der Waals surface area contributed by atoms with Crippen molar-refractivity contribution in [2.75, 3.05) is 23.7 Å². The van der Waals surface area contributed by atoms with E-state index >= 15 is 0 Å². The Hall–Kier alpha value is -2.58. The first-order valence-electron chi connectivity index (χ1n) is 10.4. The van der Waals surface area contributed by atoms with Crippen LogP contribution < -0.4 is 9.62 Å². The van der Waals surface area contributed by atoms with E-state index in [1.54, 1.807) is 55.5 Å². The van der Waals surface area contributed by atoms with Gasteiger partial charge in [0.15, 0.2) is 0 Å². The van der Waals surface area contributed by atoms with Gasteiger partial charge in [0, 0.05) is 18.1 Å². The zero-order valence-corrected chi connectivity index (χ0v) is 20.4. The number of likely N-dealkylation sites (N-methyl/N-ethyl adjacent to an activating group) is 1. The van der Waals surface area contributed by atoms with Gasteiger partial charge in [-0.2, -0.15) is 0 Å². The van der Waals surface area contributed by atoms with Gasteiger partial charge >= 0.3 is 0 Å². The van der Waals surface area contributed by atoms with Crippen LogP contribution in [0.4, 0.5) is 5.69 Å². The van der Waals surface area contributed by atoms with E-state index in [2.05, 4.69) is 5.32 Å². The van der Waals surface area contributed by atoms with Crippen molar-refractivity contribution in [3.63, 3.8) is 0 Å². The number of carbonyl (C=O) groups excluding carboxylic acids is 2. The third kappa shape index (κ3) is 6.97. The molecule has 0 saturated carbocycles. The number of halogens is 1. The number of sulfonamides is 1. The quantitative estimate of drug-likeness (QED) is 0.566. The standard InChI is InChI=1S/C23H30ClN3O4S/c1-5-21(23(29)25-6-2)26(15-18-9-11-19(24)12-10-18)22(28)16-27(32(4,30)31)20-13-7-17(3)8-14-20/h7-14,21H,5-6,15-16H2,1-4H3,(H,25,29)/t21-/m0/s1. The molecule has 2 aromatic carbocycles. The van der Waals surface area contributed by atoms with Crippen LogP contribution in [0.25, 0.3) is 0 Å². The second kappa shape index (κ2) is 11.3. The smallest absolute Gasteiger partial charge is 0.244 e. The van der Waals surface area contributed by atoms with E-state index in [1.165, 1.54) is 4.90 Å². The molecule has 0 radical (unpaired) electrons. The molecule has 0 bridgehead atoms. The van der Waals surface area contributed by atoms with Crippen molar-refractivity contribution in [3.8, 4) is 0 Å². The minimum Gasteiger partial charge on any atom is -0.355 e. The van der Waals surface area contributed by atoms with Gasteiger partial charge in [0.2, 0.25) is 21.8 Å². The van der Waals surface area contributed by atoms with Crippen molar-refractivity contribution in [1.29, 1.82) is 0 Å². The molecule has 0 aromatic heterocycles. The number of nitrogens with zero attached hydrogens (tertiary/aromatic N) is 2. The summed E-state index contributed by atoms with van der Waals surface area (Å²) in [5.41, 5.74) is 2.15. The Kier molecular flexibility index (Phi) is 9.09. The summed E-state index contributed by atoms with van der Waals surface area (Å²) in [4.78, 5) is 27.6. The topological polar surface area (TPSA) is 86.8 Å². The SMILES string of the molecule is CCNC(=O)[C@H](CC)N(Cc1ccc(Cl)cc1)C(=O)CN(c1ccc(C)cc1)S(C)(=O)=O. The van der Waals surface area contributed by atoms with Crippen LogP contribution in [0.2, 0.25) is 5.02 Å². The van der Waals surface area contributed by atoms with Gasteiger partial charge in [-0.05, 0) is 50.1 Å². The summed E-state index contributed by atoms with van der Waals surface area (Å²) in [5, 5.41) is 3.32. The number of hydrogen-bond acceptors (Lipinski definition) is 4. The molecule has 0 aliphatic heterocycles. The first-order valence-corrected chi connectivity index (χ1v) is 12.7. The molecule has 0 spiro atoms. The predicted octanol–water partition coefficient (Wildman–Crippen LogP) is 3.36. The number of anilines is 1. The molecule has 0 saturated heterocycles. The molecule has 0 fully saturated rings. The molecule has 0 heterocycles. The van der Waals surface area contributed by atoms with E-state index < -0.39 is 28.5 Å². The van der Waals surface area contributed by atoms with Crippen LogP contribution in [-0.4, -0.2) is 50.5 Å². The molecule has 1 N–H and O–H groups in total. The average Bonchev–Trinajstić information content (AvgIpc) is 2.73. The van der Waals surface area contributed by atoms with Crippen molar-refractivity contribution in [3.05, 3.63) is 64.7 Å².